The summed E-state index contributed by atoms with van der Waals surface area (Å²) in [5.41, 5.74) is 8.54. The number of fused-ring (bicyclic) bond motifs is 2. The molecule has 0 heterocycles. The van der Waals surface area contributed by atoms with Gasteiger partial charge in [-0.1, -0.05) is 49.4 Å². The van der Waals surface area contributed by atoms with Crippen LogP contribution in [0.5, 0.6) is 0 Å². The number of nitrogen functional groups attached to an aromatic ring is 1. The third kappa shape index (κ3) is 1.47. The first-order valence-corrected chi connectivity index (χ1v) is 6.00. The lowest BCUT2D eigenvalue weighted by molar-refractivity contribution is 1.16. The van der Waals surface area contributed by atoms with E-state index in [0.717, 1.165) is 17.5 Å². The Balaban J connectivity index is 2.54. The molecule has 0 aromatic heterocycles. The van der Waals surface area contributed by atoms with E-state index >= 15 is 0 Å². The topological polar surface area (TPSA) is 26.0 Å². The molecule has 3 rings (SSSR count). The Morgan fingerprint density at radius 2 is 1.65 bits per heavy atom. The Morgan fingerprint density at radius 1 is 0.882 bits per heavy atom. The molecule has 0 aliphatic carbocycles. The highest BCUT2D eigenvalue weighted by Gasteiger charge is 2.06. The number of rotatable bonds is 1. The molecule has 0 bridgehead atoms. The molecule has 0 atom stereocenters. The molecule has 84 valence electrons. The normalized spacial score (nSPS) is 11.1. The van der Waals surface area contributed by atoms with Crippen LogP contribution in [0.15, 0.2) is 48.5 Å². The Hall–Kier alpha value is -2.02. The van der Waals surface area contributed by atoms with Gasteiger partial charge in [0, 0.05) is 16.5 Å². The molecule has 1 nitrogen and oxygen atoms in total. The fourth-order valence-corrected chi connectivity index (χ4v) is 2.50. The maximum atomic E-state index is 6.28. The standard InChI is InChI=1S/C16H15N/c1-2-11-7-5-9-14-15(11)10-12-6-3-4-8-13(12)16(14)17/h3-10H,2,17H2,1H3. The zero-order chi connectivity index (χ0) is 11.8. The Kier molecular flexibility index (Phi) is 2.25. The fourth-order valence-electron chi connectivity index (χ4n) is 2.50. The molecule has 0 amide bonds. The van der Waals surface area contributed by atoms with Crippen LogP contribution in [-0.2, 0) is 6.42 Å². The van der Waals surface area contributed by atoms with Gasteiger partial charge in [-0.25, -0.2) is 0 Å². The van der Waals surface area contributed by atoms with Crippen LogP contribution in [0.3, 0.4) is 0 Å². The summed E-state index contributed by atoms with van der Waals surface area (Å²) in [5, 5.41) is 4.82. The van der Waals surface area contributed by atoms with Crippen LogP contribution >= 0.6 is 0 Å². The lowest BCUT2D eigenvalue weighted by Gasteiger charge is -2.10. The van der Waals surface area contributed by atoms with Gasteiger partial charge in [0.15, 0.2) is 0 Å². The maximum Gasteiger partial charge on any atom is 0.0473 e. The van der Waals surface area contributed by atoms with Crippen LogP contribution < -0.4 is 5.73 Å². The molecule has 3 aromatic carbocycles. The minimum absolute atomic E-state index is 0.897. The number of benzene rings is 3. The van der Waals surface area contributed by atoms with Gasteiger partial charge in [-0.05, 0) is 28.8 Å². The van der Waals surface area contributed by atoms with Gasteiger partial charge in [-0.2, -0.15) is 0 Å². The van der Waals surface area contributed by atoms with Crippen molar-refractivity contribution in [1.82, 2.24) is 0 Å². The van der Waals surface area contributed by atoms with Crippen LogP contribution in [0, 0.1) is 0 Å². The van der Waals surface area contributed by atoms with Crippen molar-refractivity contribution in [2.75, 3.05) is 5.73 Å². The van der Waals surface area contributed by atoms with Crippen molar-refractivity contribution >= 4 is 27.2 Å². The van der Waals surface area contributed by atoms with Crippen molar-refractivity contribution in [3.63, 3.8) is 0 Å². The average Bonchev–Trinajstić information content (AvgIpc) is 2.38. The molecular weight excluding hydrogens is 206 g/mol. The van der Waals surface area contributed by atoms with Gasteiger partial charge >= 0.3 is 0 Å². The quantitative estimate of drug-likeness (QED) is 0.485. The minimum Gasteiger partial charge on any atom is -0.398 e. The van der Waals surface area contributed by atoms with Crippen molar-refractivity contribution in [3.05, 3.63) is 54.1 Å². The molecule has 17 heavy (non-hydrogen) atoms. The van der Waals surface area contributed by atoms with E-state index in [2.05, 4.69) is 49.4 Å². The maximum absolute atomic E-state index is 6.28. The highest BCUT2D eigenvalue weighted by atomic mass is 14.6. The third-order valence-corrected chi connectivity index (χ3v) is 3.42. The predicted octanol–water partition coefficient (Wildman–Crippen LogP) is 4.14. The lowest BCUT2D eigenvalue weighted by Crippen LogP contribution is -1.92. The summed E-state index contributed by atoms with van der Waals surface area (Å²) in [4.78, 5) is 0. The second kappa shape index (κ2) is 3.77. The van der Waals surface area contributed by atoms with Crippen molar-refractivity contribution in [2.24, 2.45) is 0 Å². The van der Waals surface area contributed by atoms with E-state index in [4.69, 9.17) is 5.73 Å². The largest absolute Gasteiger partial charge is 0.398 e. The fraction of sp³-hybridized carbons (Fsp3) is 0.125. The highest BCUT2D eigenvalue weighted by molar-refractivity contribution is 6.10. The first kappa shape index (κ1) is 10.2. The average molecular weight is 221 g/mol. The van der Waals surface area contributed by atoms with Crippen LogP contribution in [0.1, 0.15) is 12.5 Å². The van der Waals surface area contributed by atoms with Gasteiger partial charge in [0.05, 0.1) is 0 Å². The number of anilines is 1. The van der Waals surface area contributed by atoms with E-state index < -0.39 is 0 Å². The van der Waals surface area contributed by atoms with Crippen LogP contribution in [-0.4, -0.2) is 0 Å². The molecule has 0 unspecified atom stereocenters. The summed E-state index contributed by atoms with van der Waals surface area (Å²) < 4.78 is 0. The van der Waals surface area contributed by atoms with Gasteiger partial charge in [-0.15, -0.1) is 0 Å². The van der Waals surface area contributed by atoms with Crippen LogP contribution in [0.2, 0.25) is 0 Å². The van der Waals surface area contributed by atoms with E-state index in [1.54, 1.807) is 0 Å². The van der Waals surface area contributed by atoms with Gasteiger partial charge in [0.1, 0.15) is 0 Å². The van der Waals surface area contributed by atoms with Gasteiger partial charge in [-0.3, -0.25) is 0 Å². The molecule has 0 saturated carbocycles. The van der Waals surface area contributed by atoms with Crippen molar-refractivity contribution in [2.45, 2.75) is 13.3 Å². The van der Waals surface area contributed by atoms with E-state index in [-0.39, 0.29) is 0 Å². The minimum atomic E-state index is 0.897. The van der Waals surface area contributed by atoms with Gasteiger partial charge in [0.2, 0.25) is 0 Å². The molecular formula is C16H15N. The third-order valence-electron chi connectivity index (χ3n) is 3.42. The zero-order valence-electron chi connectivity index (χ0n) is 9.90. The zero-order valence-corrected chi connectivity index (χ0v) is 9.90. The second-order valence-corrected chi connectivity index (χ2v) is 4.38. The summed E-state index contributed by atoms with van der Waals surface area (Å²) >= 11 is 0. The van der Waals surface area contributed by atoms with Crippen molar-refractivity contribution in [1.29, 1.82) is 0 Å². The molecule has 0 aliphatic heterocycles. The van der Waals surface area contributed by atoms with Crippen LogP contribution in [0.25, 0.3) is 21.5 Å². The summed E-state index contributed by atoms with van der Waals surface area (Å²) in [5.74, 6) is 0. The molecule has 0 fully saturated rings. The van der Waals surface area contributed by atoms with Crippen molar-refractivity contribution in [3.8, 4) is 0 Å². The predicted molar refractivity (Wildman–Crippen MR) is 75.2 cm³/mol. The number of hydrogen-bond acceptors (Lipinski definition) is 1. The van der Waals surface area contributed by atoms with Gasteiger partial charge < -0.3 is 5.73 Å². The van der Waals surface area contributed by atoms with E-state index in [1.807, 2.05) is 6.07 Å². The summed E-state index contributed by atoms with van der Waals surface area (Å²) in [6.45, 7) is 2.18. The summed E-state index contributed by atoms with van der Waals surface area (Å²) in [7, 11) is 0. The number of aryl methyl sites for hydroxylation is 1. The van der Waals surface area contributed by atoms with E-state index in [0.29, 0.717) is 0 Å². The summed E-state index contributed by atoms with van der Waals surface area (Å²) in [6, 6.07) is 16.9. The Bertz CT molecular complexity index is 698. The summed E-state index contributed by atoms with van der Waals surface area (Å²) in [6.07, 6.45) is 1.04. The molecule has 1 heteroatoms. The van der Waals surface area contributed by atoms with Crippen molar-refractivity contribution < 1.29 is 0 Å². The Labute approximate surface area is 101 Å². The van der Waals surface area contributed by atoms with Gasteiger partial charge in [0.25, 0.3) is 0 Å². The number of nitrogens with two attached hydrogens (primary N) is 1. The number of hydrogen-bond donors (Lipinski definition) is 1. The smallest absolute Gasteiger partial charge is 0.0473 e. The SMILES string of the molecule is CCc1cccc2c(N)c3ccccc3cc12. The molecule has 0 spiro atoms. The molecule has 0 aliphatic rings. The van der Waals surface area contributed by atoms with E-state index in [9.17, 15) is 0 Å². The molecule has 0 saturated heterocycles. The first-order valence-electron chi connectivity index (χ1n) is 6.00. The molecule has 2 N–H and O–H groups in total. The molecule has 3 aromatic rings. The highest BCUT2D eigenvalue weighted by Crippen LogP contribution is 2.32. The monoisotopic (exact) mass is 221 g/mol. The second-order valence-electron chi connectivity index (χ2n) is 4.38. The lowest BCUT2D eigenvalue weighted by atomic mass is 9.97. The Morgan fingerprint density at radius 3 is 2.47 bits per heavy atom. The first-order chi connectivity index (χ1) is 8.31. The van der Waals surface area contributed by atoms with E-state index in [1.165, 1.54) is 21.7 Å². The van der Waals surface area contributed by atoms with Crippen LogP contribution in [0.4, 0.5) is 5.69 Å². The molecule has 0 radical (unpaired) electrons.